The first-order valence-corrected chi connectivity index (χ1v) is 9.25. The number of carbonyl (C=O) groups excluding carboxylic acids is 1. The van der Waals surface area contributed by atoms with Crippen molar-refractivity contribution >= 4 is 32.5 Å². The molecule has 0 saturated heterocycles. The molecule has 0 fully saturated rings. The van der Waals surface area contributed by atoms with Crippen LogP contribution in [0.4, 0.5) is 5.69 Å². The molecule has 3 aromatic rings. The fraction of sp³-hybridized carbons (Fsp3) is 0.111. The molecule has 0 spiro atoms. The molecule has 26 heavy (non-hydrogen) atoms. The molecular formula is C18H17N3O4S. The van der Waals surface area contributed by atoms with Crippen molar-refractivity contribution in [1.29, 1.82) is 0 Å². The Labute approximate surface area is 151 Å². The summed E-state index contributed by atoms with van der Waals surface area (Å²) in [6.45, 7) is -0.391. The first kappa shape index (κ1) is 17.8. The summed E-state index contributed by atoms with van der Waals surface area (Å²) in [5.41, 5.74) is 1.16. The molecule has 0 aliphatic rings. The molecule has 7 nitrogen and oxygen atoms in total. The summed E-state index contributed by atoms with van der Waals surface area (Å²) in [6, 6.07) is 15.0. The minimum Gasteiger partial charge on any atom is -0.497 e. The van der Waals surface area contributed by atoms with Gasteiger partial charge in [0.2, 0.25) is 15.9 Å². The van der Waals surface area contributed by atoms with E-state index in [0.717, 1.165) is 5.39 Å². The van der Waals surface area contributed by atoms with E-state index in [4.69, 9.17) is 4.74 Å². The molecule has 0 saturated carbocycles. The lowest BCUT2D eigenvalue weighted by atomic mass is 10.2. The summed E-state index contributed by atoms with van der Waals surface area (Å²) in [6.07, 6.45) is 1.63. The lowest BCUT2D eigenvalue weighted by Gasteiger charge is -2.10. The molecule has 0 unspecified atom stereocenters. The van der Waals surface area contributed by atoms with Crippen molar-refractivity contribution < 1.29 is 17.9 Å². The zero-order valence-corrected chi connectivity index (χ0v) is 14.8. The molecule has 0 radical (unpaired) electrons. The minimum atomic E-state index is -3.80. The Kier molecular flexibility index (Phi) is 5.15. The molecule has 0 aliphatic heterocycles. The summed E-state index contributed by atoms with van der Waals surface area (Å²) < 4.78 is 31.8. The van der Waals surface area contributed by atoms with Crippen LogP contribution in [0.25, 0.3) is 10.9 Å². The van der Waals surface area contributed by atoms with Crippen LogP contribution in [0.3, 0.4) is 0 Å². The van der Waals surface area contributed by atoms with Gasteiger partial charge in [-0.15, -0.1) is 0 Å². The van der Waals surface area contributed by atoms with Crippen LogP contribution in [-0.4, -0.2) is 33.0 Å². The fourth-order valence-electron chi connectivity index (χ4n) is 2.40. The van der Waals surface area contributed by atoms with Crippen LogP contribution in [0.2, 0.25) is 0 Å². The van der Waals surface area contributed by atoms with Gasteiger partial charge in [-0.2, -0.15) is 0 Å². The summed E-state index contributed by atoms with van der Waals surface area (Å²) in [5, 5.41) is 3.56. The first-order valence-electron chi connectivity index (χ1n) is 7.77. The number of anilines is 1. The molecule has 2 aromatic carbocycles. The Bertz CT molecular complexity index is 1030. The summed E-state index contributed by atoms with van der Waals surface area (Å²) in [5.74, 6) is 0.0605. The maximum Gasteiger partial charge on any atom is 0.241 e. The smallest absolute Gasteiger partial charge is 0.241 e. The number of carbonyl (C=O) groups is 1. The average molecular weight is 371 g/mol. The number of benzene rings is 2. The van der Waals surface area contributed by atoms with E-state index >= 15 is 0 Å². The van der Waals surface area contributed by atoms with Gasteiger partial charge in [-0.25, -0.2) is 13.1 Å². The van der Waals surface area contributed by atoms with E-state index in [0.29, 0.717) is 17.0 Å². The highest BCUT2D eigenvalue weighted by Crippen LogP contribution is 2.20. The number of pyridine rings is 1. The van der Waals surface area contributed by atoms with Gasteiger partial charge in [0.1, 0.15) is 5.75 Å². The Morgan fingerprint density at radius 1 is 1.08 bits per heavy atom. The van der Waals surface area contributed by atoms with Crippen molar-refractivity contribution in [2.24, 2.45) is 0 Å². The van der Waals surface area contributed by atoms with Crippen LogP contribution in [0.1, 0.15) is 0 Å². The number of aromatic nitrogens is 1. The number of nitrogens with one attached hydrogen (secondary N) is 2. The van der Waals surface area contributed by atoms with E-state index in [1.165, 1.54) is 31.4 Å². The zero-order chi connectivity index (χ0) is 18.6. The zero-order valence-electron chi connectivity index (χ0n) is 14.0. The second-order valence-electron chi connectivity index (χ2n) is 5.43. The van der Waals surface area contributed by atoms with Crippen molar-refractivity contribution in [1.82, 2.24) is 9.71 Å². The SMILES string of the molecule is COc1ccc(S(=O)(=O)NCC(=O)Nc2cccc3cccnc23)cc1. The number of amides is 1. The molecule has 134 valence electrons. The Morgan fingerprint density at radius 2 is 1.81 bits per heavy atom. The number of sulfonamides is 1. The van der Waals surface area contributed by atoms with Gasteiger partial charge in [0.05, 0.1) is 29.8 Å². The normalized spacial score (nSPS) is 11.3. The van der Waals surface area contributed by atoms with E-state index in [1.807, 2.05) is 12.1 Å². The van der Waals surface area contributed by atoms with Gasteiger partial charge < -0.3 is 10.1 Å². The minimum absolute atomic E-state index is 0.0536. The Hall–Kier alpha value is -2.97. The maximum atomic E-state index is 12.3. The average Bonchev–Trinajstić information content (AvgIpc) is 2.67. The number of nitrogens with zero attached hydrogens (tertiary/aromatic N) is 1. The van der Waals surface area contributed by atoms with Crippen LogP contribution in [-0.2, 0) is 14.8 Å². The highest BCUT2D eigenvalue weighted by Gasteiger charge is 2.16. The molecular weight excluding hydrogens is 354 g/mol. The highest BCUT2D eigenvalue weighted by atomic mass is 32.2. The molecule has 2 N–H and O–H groups in total. The van der Waals surface area contributed by atoms with E-state index in [1.54, 1.807) is 24.4 Å². The number of rotatable bonds is 6. The molecule has 0 atom stereocenters. The van der Waals surface area contributed by atoms with E-state index in [-0.39, 0.29) is 4.90 Å². The summed E-state index contributed by atoms with van der Waals surface area (Å²) >= 11 is 0. The van der Waals surface area contributed by atoms with Crippen LogP contribution in [0, 0.1) is 0 Å². The monoisotopic (exact) mass is 371 g/mol. The number of hydrogen-bond acceptors (Lipinski definition) is 5. The molecule has 0 aliphatic carbocycles. The topological polar surface area (TPSA) is 97.4 Å². The Morgan fingerprint density at radius 3 is 2.54 bits per heavy atom. The maximum absolute atomic E-state index is 12.3. The molecule has 0 bridgehead atoms. The third kappa shape index (κ3) is 3.98. The molecule has 3 rings (SSSR count). The van der Waals surface area contributed by atoms with E-state index < -0.39 is 22.5 Å². The second kappa shape index (κ2) is 7.51. The number of fused-ring (bicyclic) bond motifs is 1. The van der Waals surface area contributed by atoms with Crippen molar-refractivity contribution in [2.75, 3.05) is 19.0 Å². The Balaban J connectivity index is 1.68. The van der Waals surface area contributed by atoms with Crippen LogP contribution in [0.5, 0.6) is 5.75 Å². The predicted molar refractivity (Wildman–Crippen MR) is 98.6 cm³/mol. The van der Waals surface area contributed by atoms with E-state index in [9.17, 15) is 13.2 Å². The number of hydrogen-bond donors (Lipinski definition) is 2. The van der Waals surface area contributed by atoms with Gasteiger partial charge >= 0.3 is 0 Å². The quantitative estimate of drug-likeness (QED) is 0.692. The lowest BCUT2D eigenvalue weighted by Crippen LogP contribution is -2.32. The van der Waals surface area contributed by atoms with Gasteiger partial charge in [0, 0.05) is 11.6 Å². The van der Waals surface area contributed by atoms with Crippen LogP contribution >= 0.6 is 0 Å². The number of ether oxygens (including phenoxy) is 1. The number of methoxy groups -OCH3 is 1. The lowest BCUT2D eigenvalue weighted by molar-refractivity contribution is -0.115. The van der Waals surface area contributed by atoms with Crippen molar-refractivity contribution in [3.05, 3.63) is 60.8 Å². The summed E-state index contributed by atoms with van der Waals surface area (Å²) in [7, 11) is -2.30. The van der Waals surface area contributed by atoms with Crippen LogP contribution in [0.15, 0.2) is 65.7 Å². The van der Waals surface area contributed by atoms with E-state index in [2.05, 4.69) is 15.0 Å². The number of para-hydroxylation sites is 1. The third-order valence-electron chi connectivity index (χ3n) is 3.70. The summed E-state index contributed by atoms with van der Waals surface area (Å²) in [4.78, 5) is 16.4. The van der Waals surface area contributed by atoms with Gasteiger partial charge in [0.25, 0.3) is 0 Å². The fourth-order valence-corrected chi connectivity index (χ4v) is 3.38. The first-order chi connectivity index (χ1) is 12.5. The van der Waals surface area contributed by atoms with Crippen molar-refractivity contribution in [3.63, 3.8) is 0 Å². The standard InChI is InChI=1S/C18H17N3O4S/c1-25-14-7-9-15(10-8-14)26(23,24)20-12-17(22)21-16-6-2-4-13-5-3-11-19-18(13)16/h2-11,20H,12H2,1H3,(H,21,22). The largest absolute Gasteiger partial charge is 0.497 e. The second-order valence-corrected chi connectivity index (χ2v) is 7.20. The van der Waals surface area contributed by atoms with Crippen molar-refractivity contribution in [3.8, 4) is 5.75 Å². The molecule has 1 amide bonds. The predicted octanol–water partition coefficient (Wildman–Crippen LogP) is 2.16. The van der Waals surface area contributed by atoms with Gasteiger partial charge in [-0.3, -0.25) is 9.78 Å². The molecule has 8 heteroatoms. The third-order valence-corrected chi connectivity index (χ3v) is 5.12. The molecule has 1 heterocycles. The van der Waals surface area contributed by atoms with Crippen molar-refractivity contribution in [2.45, 2.75) is 4.90 Å². The van der Waals surface area contributed by atoms with Crippen LogP contribution < -0.4 is 14.8 Å². The van der Waals surface area contributed by atoms with Gasteiger partial charge in [-0.1, -0.05) is 18.2 Å². The van der Waals surface area contributed by atoms with Gasteiger partial charge in [0.15, 0.2) is 0 Å². The molecule has 1 aromatic heterocycles. The van der Waals surface area contributed by atoms with Gasteiger partial charge in [-0.05, 0) is 36.4 Å². The highest BCUT2D eigenvalue weighted by molar-refractivity contribution is 7.89.